The highest BCUT2D eigenvalue weighted by atomic mass is 32.2. The van der Waals surface area contributed by atoms with Gasteiger partial charge in [0.05, 0.1) is 24.4 Å². The Labute approximate surface area is 160 Å². The summed E-state index contributed by atoms with van der Waals surface area (Å²) in [5, 5.41) is 3.39. The Morgan fingerprint density at radius 2 is 1.96 bits per heavy atom. The Kier molecular flexibility index (Phi) is 5.80. The van der Waals surface area contributed by atoms with Gasteiger partial charge in [0.25, 0.3) is 0 Å². The van der Waals surface area contributed by atoms with Gasteiger partial charge in [0.15, 0.2) is 16.6 Å². The van der Waals surface area contributed by atoms with Crippen LogP contribution < -0.4 is 14.8 Å². The van der Waals surface area contributed by atoms with E-state index in [0.717, 1.165) is 15.8 Å². The number of rotatable bonds is 6. The molecule has 0 aliphatic rings. The molecule has 0 unspecified atom stereocenters. The fourth-order valence-electron chi connectivity index (χ4n) is 2.36. The average molecular weight is 386 g/mol. The Balaban J connectivity index is 1.71. The van der Waals surface area contributed by atoms with Crippen molar-refractivity contribution in [1.82, 2.24) is 4.98 Å². The molecule has 1 N–H and O–H groups in total. The van der Waals surface area contributed by atoms with Gasteiger partial charge in [-0.1, -0.05) is 17.4 Å². The lowest BCUT2D eigenvalue weighted by Crippen LogP contribution is -2.07. The first-order valence-corrected chi connectivity index (χ1v) is 9.82. The van der Waals surface area contributed by atoms with E-state index in [9.17, 15) is 4.79 Å². The summed E-state index contributed by atoms with van der Waals surface area (Å²) in [4.78, 5) is 17.8. The molecule has 7 heteroatoms. The monoisotopic (exact) mass is 386 g/mol. The van der Waals surface area contributed by atoms with Gasteiger partial charge >= 0.3 is 0 Å². The molecule has 3 rings (SSSR count). The summed E-state index contributed by atoms with van der Waals surface area (Å²) in [6.45, 7) is 0. The number of hydrogen-bond acceptors (Lipinski definition) is 6. The topological polar surface area (TPSA) is 60.5 Å². The SMILES string of the molecule is COc1ccc(/C=C\C(=O)Nc2nc3ccc(SC)cc3s2)cc1OC. The molecule has 26 heavy (non-hydrogen) atoms. The van der Waals surface area contributed by atoms with Crippen molar-refractivity contribution in [1.29, 1.82) is 0 Å². The molecule has 0 saturated heterocycles. The van der Waals surface area contributed by atoms with E-state index in [1.54, 1.807) is 38.1 Å². The largest absolute Gasteiger partial charge is 0.493 e. The Bertz CT molecular complexity index is 967. The lowest BCUT2D eigenvalue weighted by atomic mass is 10.2. The molecule has 0 spiro atoms. The predicted octanol–water partition coefficient (Wildman–Crippen LogP) is 4.69. The Hall–Kier alpha value is -2.51. The van der Waals surface area contributed by atoms with Crippen LogP contribution in [0.15, 0.2) is 47.4 Å². The minimum atomic E-state index is -0.232. The molecule has 134 valence electrons. The lowest BCUT2D eigenvalue weighted by Gasteiger charge is -2.07. The van der Waals surface area contributed by atoms with Gasteiger partial charge in [0.2, 0.25) is 5.91 Å². The minimum absolute atomic E-state index is 0.232. The van der Waals surface area contributed by atoms with Crippen molar-refractivity contribution >= 4 is 50.4 Å². The summed E-state index contributed by atoms with van der Waals surface area (Å²) >= 11 is 3.14. The number of anilines is 1. The van der Waals surface area contributed by atoms with Crippen molar-refractivity contribution in [2.75, 3.05) is 25.8 Å². The number of nitrogens with one attached hydrogen (secondary N) is 1. The molecular formula is C19H18N2O3S2. The van der Waals surface area contributed by atoms with E-state index >= 15 is 0 Å². The summed E-state index contributed by atoms with van der Waals surface area (Å²) in [7, 11) is 3.16. The average Bonchev–Trinajstić information content (AvgIpc) is 3.07. The third-order valence-electron chi connectivity index (χ3n) is 3.66. The summed E-state index contributed by atoms with van der Waals surface area (Å²) in [5.41, 5.74) is 1.72. The number of amides is 1. The Morgan fingerprint density at radius 3 is 2.69 bits per heavy atom. The number of ether oxygens (including phenoxy) is 2. The Morgan fingerprint density at radius 1 is 1.15 bits per heavy atom. The lowest BCUT2D eigenvalue weighted by molar-refractivity contribution is -0.111. The second kappa shape index (κ2) is 8.25. The molecule has 2 aromatic carbocycles. The maximum atomic E-state index is 12.2. The minimum Gasteiger partial charge on any atom is -0.493 e. The number of nitrogens with zero attached hydrogens (tertiary/aromatic N) is 1. The number of methoxy groups -OCH3 is 2. The van der Waals surface area contributed by atoms with Crippen LogP contribution in [0.25, 0.3) is 16.3 Å². The van der Waals surface area contributed by atoms with E-state index in [1.165, 1.54) is 22.3 Å². The standard InChI is InChI=1S/C19H18N2O3S2/c1-23-15-8-4-12(10-16(15)24-2)5-9-18(22)21-19-20-14-7-6-13(25-3)11-17(14)26-19/h4-11H,1-3H3,(H,20,21,22)/b9-5-. The molecule has 0 aliphatic carbocycles. The van der Waals surface area contributed by atoms with Crippen LogP contribution in [0.4, 0.5) is 5.13 Å². The number of thioether (sulfide) groups is 1. The van der Waals surface area contributed by atoms with Crippen LogP contribution in [0, 0.1) is 0 Å². The van der Waals surface area contributed by atoms with Gasteiger partial charge in [-0.2, -0.15) is 0 Å². The predicted molar refractivity (Wildman–Crippen MR) is 109 cm³/mol. The van der Waals surface area contributed by atoms with E-state index in [1.807, 2.05) is 30.5 Å². The van der Waals surface area contributed by atoms with Crippen LogP contribution >= 0.6 is 23.1 Å². The molecule has 0 bridgehead atoms. The van der Waals surface area contributed by atoms with Gasteiger partial charge in [0.1, 0.15) is 0 Å². The van der Waals surface area contributed by atoms with Crippen molar-refractivity contribution in [3.8, 4) is 11.5 Å². The van der Waals surface area contributed by atoms with Crippen LogP contribution in [0.3, 0.4) is 0 Å². The fraction of sp³-hybridized carbons (Fsp3) is 0.158. The molecule has 0 radical (unpaired) electrons. The summed E-state index contributed by atoms with van der Waals surface area (Å²) < 4.78 is 11.5. The van der Waals surface area contributed by atoms with Crippen LogP contribution in [0.5, 0.6) is 11.5 Å². The summed E-state index contributed by atoms with van der Waals surface area (Å²) in [5.74, 6) is 1.03. The van der Waals surface area contributed by atoms with E-state index in [2.05, 4.69) is 16.4 Å². The molecule has 0 saturated carbocycles. The first kappa shape index (κ1) is 18.3. The van der Waals surface area contributed by atoms with Crippen LogP contribution in [-0.4, -0.2) is 31.4 Å². The van der Waals surface area contributed by atoms with Crippen LogP contribution in [0.1, 0.15) is 5.56 Å². The first-order valence-electron chi connectivity index (χ1n) is 7.78. The van der Waals surface area contributed by atoms with Gasteiger partial charge in [-0.15, -0.1) is 11.8 Å². The van der Waals surface area contributed by atoms with Crippen LogP contribution in [0.2, 0.25) is 0 Å². The summed E-state index contributed by atoms with van der Waals surface area (Å²) in [6, 6.07) is 11.5. The zero-order valence-electron chi connectivity index (χ0n) is 14.6. The van der Waals surface area contributed by atoms with Gasteiger partial charge in [-0.25, -0.2) is 4.98 Å². The van der Waals surface area contributed by atoms with E-state index < -0.39 is 0 Å². The van der Waals surface area contributed by atoms with Gasteiger partial charge in [0, 0.05) is 11.0 Å². The zero-order valence-corrected chi connectivity index (χ0v) is 16.2. The number of fused-ring (bicyclic) bond motifs is 1. The van der Waals surface area contributed by atoms with Gasteiger partial charge in [-0.05, 0) is 48.2 Å². The number of aromatic nitrogens is 1. The first-order chi connectivity index (χ1) is 12.6. The van der Waals surface area contributed by atoms with E-state index in [0.29, 0.717) is 16.6 Å². The number of hydrogen-bond donors (Lipinski definition) is 1. The third-order valence-corrected chi connectivity index (χ3v) is 5.32. The van der Waals surface area contributed by atoms with Crippen molar-refractivity contribution in [2.45, 2.75) is 4.90 Å². The van der Waals surface area contributed by atoms with Crippen molar-refractivity contribution < 1.29 is 14.3 Å². The highest BCUT2D eigenvalue weighted by molar-refractivity contribution is 7.98. The van der Waals surface area contributed by atoms with E-state index in [4.69, 9.17) is 9.47 Å². The summed E-state index contributed by atoms with van der Waals surface area (Å²) in [6.07, 6.45) is 5.22. The molecule has 0 fully saturated rings. The van der Waals surface area contributed by atoms with Crippen molar-refractivity contribution in [3.05, 3.63) is 48.0 Å². The highest BCUT2D eigenvalue weighted by Gasteiger charge is 2.07. The van der Waals surface area contributed by atoms with Gasteiger partial charge < -0.3 is 9.47 Å². The maximum Gasteiger partial charge on any atom is 0.250 e. The molecule has 0 aliphatic heterocycles. The number of carbonyl (C=O) groups is 1. The molecule has 0 atom stereocenters. The highest BCUT2D eigenvalue weighted by Crippen LogP contribution is 2.30. The third kappa shape index (κ3) is 4.17. The quantitative estimate of drug-likeness (QED) is 0.492. The van der Waals surface area contributed by atoms with E-state index in [-0.39, 0.29) is 5.91 Å². The number of carbonyl (C=O) groups excluding carboxylic acids is 1. The fourth-order valence-corrected chi connectivity index (χ4v) is 3.78. The van der Waals surface area contributed by atoms with Gasteiger partial charge in [-0.3, -0.25) is 10.1 Å². The number of thiazole rings is 1. The normalized spacial score (nSPS) is 11.0. The second-order valence-corrected chi connectivity index (χ2v) is 7.20. The number of benzene rings is 2. The zero-order chi connectivity index (χ0) is 18.5. The molecule has 1 heterocycles. The molecule has 3 aromatic rings. The molecule has 5 nitrogen and oxygen atoms in total. The van der Waals surface area contributed by atoms with Crippen LogP contribution in [-0.2, 0) is 4.79 Å². The molecule has 1 aromatic heterocycles. The maximum absolute atomic E-state index is 12.2. The second-order valence-electron chi connectivity index (χ2n) is 5.29. The van der Waals surface area contributed by atoms with Crippen molar-refractivity contribution in [3.63, 3.8) is 0 Å². The molecular weight excluding hydrogens is 368 g/mol. The smallest absolute Gasteiger partial charge is 0.250 e. The molecule has 1 amide bonds. The van der Waals surface area contributed by atoms with Crippen molar-refractivity contribution in [2.24, 2.45) is 0 Å².